The summed E-state index contributed by atoms with van der Waals surface area (Å²) in [6, 6.07) is 7.78. The number of halogens is 2. The summed E-state index contributed by atoms with van der Waals surface area (Å²) in [5.74, 6) is 0.905. The lowest BCUT2D eigenvalue weighted by molar-refractivity contribution is 0.639. The van der Waals surface area contributed by atoms with Gasteiger partial charge in [0.05, 0.1) is 12.7 Å². The van der Waals surface area contributed by atoms with Gasteiger partial charge in [0, 0.05) is 18.6 Å². The van der Waals surface area contributed by atoms with Crippen LogP contribution in [0.25, 0.3) is 0 Å². The first-order valence-corrected chi connectivity index (χ1v) is 6.04. The fourth-order valence-electron chi connectivity index (χ4n) is 1.54. The summed E-state index contributed by atoms with van der Waals surface area (Å²) in [4.78, 5) is 4.20. The highest BCUT2D eigenvalue weighted by Gasteiger charge is 2.04. The van der Waals surface area contributed by atoms with E-state index in [9.17, 15) is 0 Å². The van der Waals surface area contributed by atoms with Gasteiger partial charge >= 0.3 is 0 Å². The molecule has 0 unspecified atom stereocenters. The minimum Gasteiger partial charge on any atom is -0.321 e. The maximum absolute atomic E-state index is 6.06. The molecule has 0 fully saturated rings. The van der Waals surface area contributed by atoms with Gasteiger partial charge in [-0.3, -0.25) is 0 Å². The summed E-state index contributed by atoms with van der Waals surface area (Å²) in [6.07, 6.45) is 1.65. The van der Waals surface area contributed by atoms with Crippen LogP contribution in [0.5, 0.6) is 0 Å². The number of rotatable bonds is 4. The standard InChI is InChI=1S/C12H13Cl2N3/c1-17-11(14)7-16-12(17)8-15-6-9-4-2-3-5-10(9)13/h2-5,7,15H,6,8H2,1H3. The minimum absolute atomic E-state index is 0.638. The molecule has 0 bridgehead atoms. The van der Waals surface area contributed by atoms with Gasteiger partial charge in [0.1, 0.15) is 11.0 Å². The van der Waals surface area contributed by atoms with Crippen molar-refractivity contribution in [2.45, 2.75) is 13.1 Å². The second-order valence-corrected chi connectivity index (χ2v) is 4.55. The molecule has 1 aromatic heterocycles. The predicted molar refractivity (Wildman–Crippen MR) is 70.2 cm³/mol. The van der Waals surface area contributed by atoms with Gasteiger partial charge in [-0.2, -0.15) is 0 Å². The molecule has 0 saturated carbocycles. The molecule has 17 heavy (non-hydrogen) atoms. The molecule has 3 nitrogen and oxygen atoms in total. The molecule has 0 aliphatic rings. The third-order valence-electron chi connectivity index (χ3n) is 2.58. The van der Waals surface area contributed by atoms with Gasteiger partial charge in [-0.25, -0.2) is 4.98 Å². The first-order chi connectivity index (χ1) is 8.18. The summed E-state index contributed by atoms with van der Waals surface area (Å²) >= 11 is 12.0. The monoisotopic (exact) mass is 269 g/mol. The Hall–Kier alpha value is -1.03. The molecule has 1 heterocycles. The zero-order chi connectivity index (χ0) is 12.3. The van der Waals surface area contributed by atoms with Crippen LogP contribution >= 0.6 is 23.2 Å². The first kappa shape index (κ1) is 12.4. The van der Waals surface area contributed by atoms with Crippen molar-refractivity contribution in [3.63, 3.8) is 0 Å². The molecule has 5 heteroatoms. The van der Waals surface area contributed by atoms with Crippen LogP contribution in [0.15, 0.2) is 30.5 Å². The van der Waals surface area contributed by atoms with E-state index < -0.39 is 0 Å². The molecule has 0 spiro atoms. The van der Waals surface area contributed by atoms with E-state index in [1.165, 1.54) is 0 Å². The lowest BCUT2D eigenvalue weighted by atomic mass is 10.2. The van der Waals surface area contributed by atoms with E-state index in [2.05, 4.69) is 10.3 Å². The number of benzene rings is 1. The highest BCUT2D eigenvalue weighted by molar-refractivity contribution is 6.31. The third kappa shape index (κ3) is 3.00. The Balaban J connectivity index is 1.92. The highest BCUT2D eigenvalue weighted by atomic mass is 35.5. The van der Waals surface area contributed by atoms with Gasteiger partial charge in [-0.1, -0.05) is 41.4 Å². The Morgan fingerprint density at radius 3 is 2.65 bits per heavy atom. The SMILES string of the molecule is Cn1c(Cl)cnc1CNCc1ccccc1Cl. The van der Waals surface area contributed by atoms with Crippen molar-refractivity contribution < 1.29 is 0 Å². The molecule has 1 aromatic carbocycles. The fourth-order valence-corrected chi connectivity index (χ4v) is 1.89. The maximum Gasteiger partial charge on any atom is 0.128 e. The van der Waals surface area contributed by atoms with Crippen LogP contribution in [0, 0.1) is 0 Å². The largest absolute Gasteiger partial charge is 0.321 e. The quantitative estimate of drug-likeness (QED) is 0.925. The molecular weight excluding hydrogens is 257 g/mol. The zero-order valence-corrected chi connectivity index (χ0v) is 11.0. The molecule has 0 saturated heterocycles. The predicted octanol–water partition coefficient (Wildman–Crippen LogP) is 3.02. The Labute approximate surface area is 110 Å². The first-order valence-electron chi connectivity index (χ1n) is 5.28. The van der Waals surface area contributed by atoms with Gasteiger partial charge in [-0.05, 0) is 11.6 Å². The van der Waals surface area contributed by atoms with Crippen molar-refractivity contribution in [1.29, 1.82) is 0 Å². The topological polar surface area (TPSA) is 29.9 Å². The van der Waals surface area contributed by atoms with Gasteiger partial charge in [0.15, 0.2) is 0 Å². The van der Waals surface area contributed by atoms with Crippen LogP contribution in [0.4, 0.5) is 0 Å². The van der Waals surface area contributed by atoms with Crippen LogP contribution in [-0.4, -0.2) is 9.55 Å². The van der Waals surface area contributed by atoms with E-state index in [4.69, 9.17) is 23.2 Å². The van der Waals surface area contributed by atoms with E-state index in [-0.39, 0.29) is 0 Å². The van der Waals surface area contributed by atoms with Crippen LogP contribution < -0.4 is 5.32 Å². The molecule has 0 aliphatic carbocycles. The number of hydrogen-bond acceptors (Lipinski definition) is 2. The summed E-state index contributed by atoms with van der Waals surface area (Å²) in [7, 11) is 1.89. The molecule has 0 aliphatic heterocycles. The maximum atomic E-state index is 6.06. The normalized spacial score (nSPS) is 10.8. The molecule has 1 N–H and O–H groups in total. The average Bonchev–Trinajstić information content (AvgIpc) is 2.63. The van der Waals surface area contributed by atoms with Crippen LogP contribution in [0.1, 0.15) is 11.4 Å². The minimum atomic E-state index is 0.638. The summed E-state index contributed by atoms with van der Waals surface area (Å²) < 4.78 is 1.85. The molecular formula is C12H13Cl2N3. The van der Waals surface area contributed by atoms with Crippen molar-refractivity contribution in [2.75, 3.05) is 0 Å². The van der Waals surface area contributed by atoms with Gasteiger partial charge in [-0.15, -0.1) is 0 Å². The van der Waals surface area contributed by atoms with E-state index >= 15 is 0 Å². The molecule has 2 aromatic rings. The highest BCUT2D eigenvalue weighted by Crippen LogP contribution is 2.14. The molecule has 90 valence electrons. The zero-order valence-electron chi connectivity index (χ0n) is 9.45. The van der Waals surface area contributed by atoms with Gasteiger partial charge in [0.25, 0.3) is 0 Å². The van der Waals surface area contributed by atoms with Crippen LogP contribution in [0.3, 0.4) is 0 Å². The number of hydrogen-bond donors (Lipinski definition) is 1. The lowest BCUT2D eigenvalue weighted by Crippen LogP contribution is -2.16. The Kier molecular flexibility index (Phi) is 4.05. The van der Waals surface area contributed by atoms with E-state index in [0.29, 0.717) is 18.2 Å². The Morgan fingerprint density at radius 1 is 1.24 bits per heavy atom. The van der Waals surface area contributed by atoms with Gasteiger partial charge < -0.3 is 9.88 Å². The molecule has 0 amide bonds. The Bertz CT molecular complexity index is 508. The summed E-state index contributed by atoms with van der Waals surface area (Å²) in [5, 5.41) is 4.70. The third-order valence-corrected chi connectivity index (χ3v) is 3.30. The van der Waals surface area contributed by atoms with E-state index in [1.807, 2.05) is 35.9 Å². The smallest absolute Gasteiger partial charge is 0.128 e. The second-order valence-electron chi connectivity index (χ2n) is 3.75. The van der Waals surface area contributed by atoms with Crippen LogP contribution in [-0.2, 0) is 20.1 Å². The van der Waals surface area contributed by atoms with Crippen molar-refractivity contribution in [3.8, 4) is 0 Å². The van der Waals surface area contributed by atoms with Crippen LogP contribution in [0.2, 0.25) is 10.2 Å². The molecule has 0 radical (unpaired) electrons. The number of nitrogens with one attached hydrogen (secondary N) is 1. The van der Waals surface area contributed by atoms with Gasteiger partial charge in [0.2, 0.25) is 0 Å². The number of nitrogens with zero attached hydrogens (tertiary/aromatic N) is 2. The Morgan fingerprint density at radius 2 is 2.00 bits per heavy atom. The van der Waals surface area contributed by atoms with Crippen molar-refractivity contribution >= 4 is 23.2 Å². The second kappa shape index (κ2) is 5.54. The fraction of sp³-hybridized carbons (Fsp3) is 0.250. The van der Waals surface area contributed by atoms with Crippen molar-refractivity contribution in [2.24, 2.45) is 7.05 Å². The van der Waals surface area contributed by atoms with Crippen molar-refractivity contribution in [3.05, 3.63) is 52.0 Å². The van der Waals surface area contributed by atoms with E-state index in [0.717, 1.165) is 16.4 Å². The molecule has 0 atom stereocenters. The number of imidazole rings is 1. The average molecular weight is 270 g/mol. The van der Waals surface area contributed by atoms with Crippen molar-refractivity contribution in [1.82, 2.24) is 14.9 Å². The summed E-state index contributed by atoms with van der Waals surface area (Å²) in [5.41, 5.74) is 1.08. The number of aromatic nitrogens is 2. The molecule has 2 rings (SSSR count). The van der Waals surface area contributed by atoms with E-state index in [1.54, 1.807) is 6.20 Å². The summed E-state index contributed by atoms with van der Waals surface area (Å²) in [6.45, 7) is 1.37. The lowest BCUT2D eigenvalue weighted by Gasteiger charge is -2.06.